The van der Waals surface area contributed by atoms with Gasteiger partial charge in [0.2, 0.25) is 5.91 Å². The molecule has 3 aromatic rings. The molecule has 1 aromatic heterocycles. The number of hydrogen-bond acceptors (Lipinski definition) is 6. The molecule has 4 rings (SSSR count). The number of hydrogen-bond donors (Lipinski definition) is 0. The fourth-order valence-corrected chi connectivity index (χ4v) is 4.78. The minimum absolute atomic E-state index is 0.0392. The van der Waals surface area contributed by atoms with E-state index in [4.69, 9.17) is 14.5 Å². The van der Waals surface area contributed by atoms with Crippen LogP contribution >= 0.6 is 11.3 Å². The van der Waals surface area contributed by atoms with E-state index >= 15 is 0 Å². The predicted molar refractivity (Wildman–Crippen MR) is 125 cm³/mol. The molecule has 0 unspecified atom stereocenters. The van der Waals surface area contributed by atoms with E-state index in [-0.39, 0.29) is 18.1 Å². The van der Waals surface area contributed by atoms with Crippen LogP contribution < -0.4 is 9.64 Å². The molecule has 1 fully saturated rings. The maximum atomic E-state index is 13.3. The van der Waals surface area contributed by atoms with Crippen LogP contribution in [0.2, 0.25) is 0 Å². The molecule has 2 aromatic carbocycles. The number of aromatic nitrogens is 1. The Bertz CT molecular complexity index is 1030. The van der Waals surface area contributed by atoms with Crippen LogP contribution in [-0.2, 0) is 16.0 Å². The monoisotopic (exact) mass is 457 g/mol. The molecule has 0 atom stereocenters. The molecular weight excluding hydrogens is 429 g/mol. The topological polar surface area (TPSA) is 54.9 Å². The summed E-state index contributed by atoms with van der Waals surface area (Å²) in [4.78, 5) is 22.1. The lowest BCUT2D eigenvalue weighted by atomic mass is 10.1. The summed E-state index contributed by atoms with van der Waals surface area (Å²) in [5, 5.41) is 0.683. The first-order valence-electron chi connectivity index (χ1n) is 11.0. The summed E-state index contributed by atoms with van der Waals surface area (Å²) in [5.41, 5.74) is 1.63. The highest BCUT2D eigenvalue weighted by molar-refractivity contribution is 7.22. The van der Waals surface area contributed by atoms with E-state index < -0.39 is 0 Å². The summed E-state index contributed by atoms with van der Waals surface area (Å²) in [6, 6.07) is 11.9. The van der Waals surface area contributed by atoms with Gasteiger partial charge in [-0.2, -0.15) is 0 Å². The molecule has 6 nitrogen and oxygen atoms in total. The van der Waals surface area contributed by atoms with Gasteiger partial charge in [0.05, 0.1) is 36.5 Å². The Morgan fingerprint density at radius 1 is 1.22 bits per heavy atom. The fraction of sp³-hybridized carbons (Fsp3) is 0.417. The Balaban J connectivity index is 1.52. The zero-order valence-electron chi connectivity index (χ0n) is 18.3. The third kappa shape index (κ3) is 5.82. The molecule has 32 heavy (non-hydrogen) atoms. The quantitative estimate of drug-likeness (QED) is 0.484. The summed E-state index contributed by atoms with van der Waals surface area (Å²) in [6.07, 6.45) is 1.05. The number of anilines is 1. The van der Waals surface area contributed by atoms with Crippen LogP contribution in [0.4, 0.5) is 9.52 Å². The highest BCUT2D eigenvalue weighted by atomic mass is 32.1. The van der Waals surface area contributed by atoms with Crippen LogP contribution in [0.15, 0.2) is 42.5 Å². The molecule has 1 amide bonds. The third-order valence-corrected chi connectivity index (χ3v) is 6.46. The molecule has 0 spiro atoms. The van der Waals surface area contributed by atoms with Gasteiger partial charge >= 0.3 is 0 Å². The Morgan fingerprint density at radius 2 is 2.00 bits per heavy atom. The average molecular weight is 458 g/mol. The van der Waals surface area contributed by atoms with Gasteiger partial charge in [-0.25, -0.2) is 9.37 Å². The van der Waals surface area contributed by atoms with Crippen LogP contribution in [0.25, 0.3) is 10.2 Å². The highest BCUT2D eigenvalue weighted by Crippen LogP contribution is 2.32. The van der Waals surface area contributed by atoms with E-state index in [1.165, 1.54) is 23.5 Å². The summed E-state index contributed by atoms with van der Waals surface area (Å²) in [5.74, 6) is 0.453. The van der Waals surface area contributed by atoms with Crippen molar-refractivity contribution in [3.8, 4) is 5.75 Å². The van der Waals surface area contributed by atoms with Crippen molar-refractivity contribution < 1.29 is 18.7 Å². The van der Waals surface area contributed by atoms with Gasteiger partial charge in [0, 0.05) is 26.2 Å². The van der Waals surface area contributed by atoms with Crippen molar-refractivity contribution in [2.24, 2.45) is 0 Å². The van der Waals surface area contributed by atoms with E-state index in [0.717, 1.165) is 60.8 Å². The number of carbonyl (C=O) groups is 1. The van der Waals surface area contributed by atoms with Crippen molar-refractivity contribution in [1.82, 2.24) is 9.88 Å². The fourth-order valence-electron chi connectivity index (χ4n) is 3.74. The van der Waals surface area contributed by atoms with Gasteiger partial charge in [0.15, 0.2) is 5.13 Å². The predicted octanol–water partition coefficient (Wildman–Crippen LogP) is 4.13. The van der Waals surface area contributed by atoms with Crippen LogP contribution in [0.1, 0.15) is 18.9 Å². The molecule has 2 heterocycles. The summed E-state index contributed by atoms with van der Waals surface area (Å²) in [7, 11) is 0. The number of morpholine rings is 1. The normalized spacial score (nSPS) is 14.6. The number of fused-ring (bicyclic) bond motifs is 1. The molecular formula is C24H28FN3O3S. The second-order valence-electron chi connectivity index (χ2n) is 7.72. The number of amides is 1. The summed E-state index contributed by atoms with van der Waals surface area (Å²) < 4.78 is 25.3. The molecule has 0 bridgehead atoms. The molecule has 0 saturated carbocycles. The van der Waals surface area contributed by atoms with Gasteiger partial charge in [0.1, 0.15) is 11.6 Å². The molecule has 170 valence electrons. The zero-order valence-corrected chi connectivity index (χ0v) is 19.1. The SMILES string of the molecule is CCOc1ccc2nc(N(CCCN3CCOCC3)C(=O)Cc3ccc(F)cc3)sc2c1. The zero-order chi connectivity index (χ0) is 22.3. The van der Waals surface area contributed by atoms with Crippen molar-refractivity contribution in [3.63, 3.8) is 0 Å². The number of carbonyl (C=O) groups excluding carboxylic acids is 1. The first-order chi connectivity index (χ1) is 15.6. The Morgan fingerprint density at radius 3 is 2.75 bits per heavy atom. The molecule has 8 heteroatoms. The number of thiazole rings is 1. The number of benzene rings is 2. The van der Waals surface area contributed by atoms with Crippen molar-refractivity contribution in [3.05, 3.63) is 53.8 Å². The maximum absolute atomic E-state index is 13.3. The lowest BCUT2D eigenvalue weighted by Crippen LogP contribution is -2.39. The van der Waals surface area contributed by atoms with Gasteiger partial charge in [-0.3, -0.25) is 14.6 Å². The summed E-state index contributed by atoms with van der Waals surface area (Å²) in [6.45, 7) is 7.39. The van der Waals surface area contributed by atoms with Crippen LogP contribution in [0.3, 0.4) is 0 Å². The van der Waals surface area contributed by atoms with Crippen LogP contribution in [-0.4, -0.2) is 61.8 Å². The van der Waals surface area contributed by atoms with E-state index in [1.807, 2.05) is 25.1 Å². The van der Waals surface area contributed by atoms with E-state index in [1.54, 1.807) is 17.0 Å². The molecule has 0 radical (unpaired) electrons. The smallest absolute Gasteiger partial charge is 0.233 e. The number of ether oxygens (including phenoxy) is 2. The number of nitrogens with zero attached hydrogens (tertiary/aromatic N) is 3. The average Bonchev–Trinajstić information content (AvgIpc) is 3.22. The van der Waals surface area contributed by atoms with Crippen LogP contribution in [0.5, 0.6) is 5.75 Å². The second-order valence-corrected chi connectivity index (χ2v) is 8.72. The Kier molecular flexibility index (Phi) is 7.68. The molecule has 0 aliphatic carbocycles. The van der Waals surface area contributed by atoms with E-state index in [9.17, 15) is 9.18 Å². The van der Waals surface area contributed by atoms with Crippen molar-refractivity contribution in [2.75, 3.05) is 50.9 Å². The standard InChI is InChI=1S/C24H28FN3O3S/c1-2-31-20-8-9-21-22(17-20)32-24(26-21)28(11-3-10-27-12-14-30-15-13-27)23(29)16-18-4-6-19(25)7-5-18/h4-9,17H,2-3,10-16H2,1H3. The molecule has 1 saturated heterocycles. The minimum atomic E-state index is -0.306. The number of rotatable bonds is 9. The van der Waals surface area contributed by atoms with Gasteiger partial charge in [-0.15, -0.1) is 0 Å². The van der Waals surface area contributed by atoms with Gasteiger partial charge in [-0.1, -0.05) is 23.5 Å². The maximum Gasteiger partial charge on any atom is 0.233 e. The van der Waals surface area contributed by atoms with Gasteiger partial charge in [0.25, 0.3) is 0 Å². The highest BCUT2D eigenvalue weighted by Gasteiger charge is 2.21. The summed E-state index contributed by atoms with van der Waals surface area (Å²) >= 11 is 1.49. The molecule has 1 aliphatic heterocycles. The van der Waals surface area contributed by atoms with E-state index in [2.05, 4.69) is 4.90 Å². The second kappa shape index (κ2) is 10.8. The molecule has 1 aliphatic rings. The Hall–Kier alpha value is -2.55. The third-order valence-electron chi connectivity index (χ3n) is 5.42. The lowest BCUT2D eigenvalue weighted by molar-refractivity contribution is -0.118. The minimum Gasteiger partial charge on any atom is -0.494 e. The van der Waals surface area contributed by atoms with Crippen molar-refractivity contribution in [2.45, 2.75) is 19.8 Å². The lowest BCUT2D eigenvalue weighted by Gasteiger charge is -2.27. The van der Waals surface area contributed by atoms with Crippen molar-refractivity contribution in [1.29, 1.82) is 0 Å². The first kappa shape index (κ1) is 22.6. The first-order valence-corrected chi connectivity index (χ1v) is 11.8. The van der Waals surface area contributed by atoms with Gasteiger partial charge < -0.3 is 9.47 Å². The van der Waals surface area contributed by atoms with E-state index in [0.29, 0.717) is 18.3 Å². The largest absolute Gasteiger partial charge is 0.494 e. The Labute approximate surface area is 191 Å². The van der Waals surface area contributed by atoms with Gasteiger partial charge in [-0.05, 0) is 49.2 Å². The van der Waals surface area contributed by atoms with Crippen molar-refractivity contribution >= 4 is 32.6 Å². The molecule has 0 N–H and O–H groups in total. The van der Waals surface area contributed by atoms with Crippen LogP contribution in [0, 0.1) is 5.82 Å². The number of halogens is 1.